The molecule has 0 aromatic carbocycles. The highest BCUT2D eigenvalue weighted by molar-refractivity contribution is 7.17. The predicted octanol–water partition coefficient (Wildman–Crippen LogP) is 3.62. The molecular formula is C20H23FN6OS. The molecule has 1 saturated carbocycles. The molecule has 0 radical (unpaired) electrons. The van der Waals surface area contributed by atoms with Gasteiger partial charge in [-0.3, -0.25) is 9.78 Å². The average Bonchev–Trinajstić information content (AvgIpc) is 3.13. The largest absolute Gasteiger partial charge is 0.365 e. The number of nitrogens with zero attached hydrogens (tertiary/aromatic N) is 2. The molecule has 3 aromatic heterocycles. The van der Waals surface area contributed by atoms with Crippen LogP contribution in [0.1, 0.15) is 36.0 Å². The second-order valence-electron chi connectivity index (χ2n) is 7.16. The SMILES string of the molecule is CNC1CCCCC1Nc1nc(Nc2csc3ccncc23)c(C(N)=O)cc1F. The van der Waals surface area contributed by atoms with Gasteiger partial charge in [0.1, 0.15) is 5.82 Å². The normalized spacial score (nSPS) is 19.2. The number of nitrogens with one attached hydrogen (secondary N) is 3. The van der Waals surface area contributed by atoms with Crippen LogP contribution in [0.15, 0.2) is 29.9 Å². The first kappa shape index (κ1) is 19.5. The van der Waals surface area contributed by atoms with Gasteiger partial charge in [-0.1, -0.05) is 12.8 Å². The quantitative estimate of drug-likeness (QED) is 0.491. The van der Waals surface area contributed by atoms with E-state index in [0.717, 1.165) is 47.5 Å². The summed E-state index contributed by atoms with van der Waals surface area (Å²) in [6, 6.07) is 3.36. The van der Waals surface area contributed by atoms with Crippen LogP contribution < -0.4 is 21.7 Å². The van der Waals surface area contributed by atoms with E-state index < -0.39 is 11.7 Å². The van der Waals surface area contributed by atoms with Gasteiger partial charge in [0.25, 0.3) is 5.91 Å². The number of amides is 1. The lowest BCUT2D eigenvalue weighted by Gasteiger charge is -2.32. The Kier molecular flexibility index (Phi) is 5.59. The van der Waals surface area contributed by atoms with E-state index in [4.69, 9.17) is 5.73 Å². The molecule has 1 aliphatic rings. The summed E-state index contributed by atoms with van der Waals surface area (Å²) in [6.45, 7) is 0. The summed E-state index contributed by atoms with van der Waals surface area (Å²) < 4.78 is 15.8. The molecule has 0 spiro atoms. The molecule has 2 atom stereocenters. The number of hydrogen-bond donors (Lipinski definition) is 4. The van der Waals surface area contributed by atoms with Gasteiger partial charge in [-0.15, -0.1) is 11.3 Å². The lowest BCUT2D eigenvalue weighted by atomic mass is 9.90. The van der Waals surface area contributed by atoms with E-state index in [0.29, 0.717) is 0 Å². The molecule has 1 aliphatic carbocycles. The highest BCUT2D eigenvalue weighted by Crippen LogP contribution is 2.33. The third kappa shape index (κ3) is 4.01. The minimum absolute atomic E-state index is 0.00472. The highest BCUT2D eigenvalue weighted by Gasteiger charge is 2.26. The summed E-state index contributed by atoms with van der Waals surface area (Å²) in [6.07, 6.45) is 7.63. The van der Waals surface area contributed by atoms with E-state index in [9.17, 15) is 9.18 Å². The van der Waals surface area contributed by atoms with Gasteiger partial charge in [0.05, 0.1) is 11.3 Å². The van der Waals surface area contributed by atoms with Crippen molar-refractivity contribution in [3.8, 4) is 0 Å². The Labute approximate surface area is 171 Å². The third-order valence-electron chi connectivity index (χ3n) is 5.33. The van der Waals surface area contributed by atoms with Crippen molar-refractivity contribution in [1.29, 1.82) is 0 Å². The van der Waals surface area contributed by atoms with Crippen molar-refractivity contribution in [2.45, 2.75) is 37.8 Å². The fraction of sp³-hybridized carbons (Fsp3) is 0.350. The molecule has 1 amide bonds. The molecule has 9 heteroatoms. The maximum atomic E-state index is 14.7. The number of carbonyl (C=O) groups is 1. The first-order valence-corrected chi connectivity index (χ1v) is 10.5. The summed E-state index contributed by atoms with van der Waals surface area (Å²) in [7, 11) is 1.91. The smallest absolute Gasteiger partial charge is 0.252 e. The Hall–Kier alpha value is -2.78. The fourth-order valence-corrected chi connectivity index (χ4v) is 4.65. The molecule has 29 heavy (non-hydrogen) atoms. The van der Waals surface area contributed by atoms with Crippen LogP contribution in [0, 0.1) is 5.82 Å². The number of thiophene rings is 1. The molecule has 3 aromatic rings. The van der Waals surface area contributed by atoms with Crippen LogP contribution in [0.5, 0.6) is 0 Å². The van der Waals surface area contributed by atoms with Gasteiger partial charge in [0.15, 0.2) is 11.6 Å². The molecule has 7 nitrogen and oxygen atoms in total. The number of anilines is 3. The van der Waals surface area contributed by atoms with Gasteiger partial charge < -0.3 is 21.7 Å². The van der Waals surface area contributed by atoms with Gasteiger partial charge in [-0.05, 0) is 32.0 Å². The fourth-order valence-electron chi connectivity index (χ4n) is 3.79. The lowest BCUT2D eigenvalue weighted by molar-refractivity contribution is 0.100. The maximum Gasteiger partial charge on any atom is 0.252 e. The van der Waals surface area contributed by atoms with Crippen LogP contribution >= 0.6 is 11.3 Å². The number of likely N-dealkylation sites (N-methyl/N-ethyl adjacent to an activating group) is 1. The molecule has 4 rings (SSSR count). The zero-order valence-electron chi connectivity index (χ0n) is 16.0. The molecule has 1 fully saturated rings. The molecule has 0 aliphatic heterocycles. The molecule has 5 N–H and O–H groups in total. The van der Waals surface area contributed by atoms with Crippen molar-refractivity contribution in [1.82, 2.24) is 15.3 Å². The van der Waals surface area contributed by atoms with Crippen molar-refractivity contribution in [2.24, 2.45) is 5.73 Å². The monoisotopic (exact) mass is 414 g/mol. The van der Waals surface area contributed by atoms with Gasteiger partial charge in [0, 0.05) is 39.9 Å². The van der Waals surface area contributed by atoms with E-state index in [1.54, 1.807) is 23.7 Å². The topological polar surface area (TPSA) is 105 Å². The molecular weight excluding hydrogens is 391 g/mol. The van der Waals surface area contributed by atoms with Crippen LogP contribution in [0.2, 0.25) is 0 Å². The van der Waals surface area contributed by atoms with Crippen molar-refractivity contribution in [2.75, 3.05) is 17.7 Å². The summed E-state index contributed by atoms with van der Waals surface area (Å²) in [5.74, 6) is -1.00. The number of fused-ring (bicyclic) bond motifs is 1. The van der Waals surface area contributed by atoms with Crippen molar-refractivity contribution < 1.29 is 9.18 Å². The van der Waals surface area contributed by atoms with Crippen molar-refractivity contribution in [3.63, 3.8) is 0 Å². The number of rotatable bonds is 6. The second kappa shape index (κ2) is 8.30. The van der Waals surface area contributed by atoms with Crippen LogP contribution in [-0.2, 0) is 0 Å². The second-order valence-corrected chi connectivity index (χ2v) is 8.07. The molecule has 3 heterocycles. The maximum absolute atomic E-state index is 14.7. The number of nitrogens with two attached hydrogens (primary N) is 1. The Morgan fingerprint density at radius 3 is 2.83 bits per heavy atom. The summed E-state index contributed by atoms with van der Waals surface area (Å²) in [4.78, 5) is 20.4. The third-order valence-corrected chi connectivity index (χ3v) is 6.29. The zero-order chi connectivity index (χ0) is 20.4. The highest BCUT2D eigenvalue weighted by atomic mass is 32.1. The number of primary amides is 1. The van der Waals surface area contributed by atoms with E-state index in [2.05, 4.69) is 25.9 Å². The van der Waals surface area contributed by atoms with E-state index in [1.807, 2.05) is 18.5 Å². The molecule has 152 valence electrons. The number of hydrogen-bond acceptors (Lipinski definition) is 7. The van der Waals surface area contributed by atoms with Crippen molar-refractivity contribution in [3.05, 3.63) is 41.3 Å². The Morgan fingerprint density at radius 2 is 2.07 bits per heavy atom. The molecule has 0 bridgehead atoms. The van der Waals surface area contributed by atoms with Crippen LogP contribution in [0.3, 0.4) is 0 Å². The van der Waals surface area contributed by atoms with Crippen molar-refractivity contribution >= 4 is 44.7 Å². The van der Waals surface area contributed by atoms with Crippen LogP contribution in [0.4, 0.5) is 21.7 Å². The van der Waals surface area contributed by atoms with Gasteiger partial charge >= 0.3 is 0 Å². The average molecular weight is 415 g/mol. The van der Waals surface area contributed by atoms with E-state index in [-0.39, 0.29) is 29.3 Å². The Morgan fingerprint density at radius 1 is 1.28 bits per heavy atom. The van der Waals surface area contributed by atoms with Gasteiger partial charge in [-0.25, -0.2) is 9.37 Å². The number of carbonyl (C=O) groups excluding carboxylic acids is 1. The Bertz CT molecular complexity index is 1040. The lowest BCUT2D eigenvalue weighted by Crippen LogP contribution is -2.45. The number of halogens is 1. The number of aromatic nitrogens is 2. The summed E-state index contributed by atoms with van der Waals surface area (Å²) >= 11 is 1.54. The molecule has 0 saturated heterocycles. The minimum Gasteiger partial charge on any atom is -0.365 e. The summed E-state index contributed by atoms with van der Waals surface area (Å²) in [5.41, 5.74) is 6.23. The molecule has 2 unspecified atom stereocenters. The van der Waals surface area contributed by atoms with E-state index in [1.165, 1.54) is 0 Å². The zero-order valence-corrected chi connectivity index (χ0v) is 16.9. The predicted molar refractivity (Wildman–Crippen MR) is 114 cm³/mol. The first-order valence-electron chi connectivity index (χ1n) is 9.59. The van der Waals surface area contributed by atoms with Gasteiger partial charge in [0.2, 0.25) is 0 Å². The summed E-state index contributed by atoms with van der Waals surface area (Å²) in [5, 5.41) is 12.5. The van der Waals surface area contributed by atoms with Gasteiger partial charge in [-0.2, -0.15) is 0 Å². The standard InChI is InChI=1S/C20H23FN6OS/c1-23-14-4-2-3-5-15(14)25-20-13(21)8-11(18(22)28)19(27-20)26-16-10-29-17-6-7-24-9-12(16)17/h6-10,14-15,23H,2-5H2,1H3,(H2,22,28)(H2,25,26,27). The minimum atomic E-state index is -0.742. The van der Waals surface area contributed by atoms with Crippen LogP contribution in [0.25, 0.3) is 10.1 Å². The van der Waals surface area contributed by atoms with E-state index >= 15 is 0 Å². The number of pyridine rings is 2. The first-order chi connectivity index (χ1) is 14.1. The Balaban J connectivity index is 1.68. The van der Waals surface area contributed by atoms with Crippen LogP contribution in [-0.4, -0.2) is 35.0 Å².